The van der Waals surface area contributed by atoms with Crippen LogP contribution in [0.3, 0.4) is 0 Å². The van der Waals surface area contributed by atoms with Crippen LogP contribution in [-0.4, -0.2) is 18.5 Å². The van der Waals surface area contributed by atoms with Crippen molar-refractivity contribution in [2.75, 3.05) is 6.54 Å². The fourth-order valence-electron chi connectivity index (χ4n) is 0.473. The SMILES string of the molecule is Br.C#CC(N)C=CCNC(C)=O. The van der Waals surface area contributed by atoms with Gasteiger partial charge in [0.05, 0.1) is 6.04 Å². The first-order valence-corrected chi connectivity index (χ1v) is 3.29. The zero-order chi connectivity index (χ0) is 8.69. The van der Waals surface area contributed by atoms with Crippen molar-refractivity contribution in [3.63, 3.8) is 0 Å². The number of nitrogens with one attached hydrogen (secondary N) is 1. The topological polar surface area (TPSA) is 55.1 Å². The molecule has 0 saturated heterocycles. The molecule has 1 atom stereocenters. The van der Waals surface area contributed by atoms with Crippen molar-refractivity contribution in [2.45, 2.75) is 13.0 Å². The summed E-state index contributed by atoms with van der Waals surface area (Å²) in [7, 11) is 0. The first kappa shape index (κ1) is 13.8. The molecule has 0 aromatic heterocycles. The molecular weight excluding hydrogens is 220 g/mol. The van der Waals surface area contributed by atoms with E-state index >= 15 is 0 Å². The molecule has 0 rings (SSSR count). The van der Waals surface area contributed by atoms with Gasteiger partial charge in [-0.3, -0.25) is 4.79 Å². The van der Waals surface area contributed by atoms with Crippen LogP contribution in [0.4, 0.5) is 0 Å². The van der Waals surface area contributed by atoms with Crippen LogP contribution < -0.4 is 11.1 Å². The first-order valence-electron chi connectivity index (χ1n) is 3.29. The molecule has 0 aliphatic heterocycles. The molecule has 3 N–H and O–H groups in total. The van der Waals surface area contributed by atoms with Crippen LogP contribution in [0.5, 0.6) is 0 Å². The third-order valence-electron chi connectivity index (χ3n) is 1.00. The number of hydrogen-bond donors (Lipinski definition) is 2. The standard InChI is InChI=1S/C8H12N2O.BrH/c1-3-8(9)5-4-6-10-7(2)11;/h1,4-5,8H,6,9H2,2H3,(H,10,11);1H. The second kappa shape index (κ2) is 8.31. The number of hydrogen-bond acceptors (Lipinski definition) is 2. The van der Waals surface area contributed by atoms with Gasteiger partial charge in [-0.15, -0.1) is 23.4 Å². The van der Waals surface area contributed by atoms with Crippen LogP contribution in [0.15, 0.2) is 12.2 Å². The minimum absolute atomic E-state index is 0. The van der Waals surface area contributed by atoms with E-state index in [1.165, 1.54) is 6.92 Å². The lowest BCUT2D eigenvalue weighted by Gasteiger charge is -1.96. The van der Waals surface area contributed by atoms with E-state index in [1.54, 1.807) is 12.2 Å². The summed E-state index contributed by atoms with van der Waals surface area (Å²) in [6.07, 6.45) is 8.39. The van der Waals surface area contributed by atoms with E-state index < -0.39 is 0 Å². The summed E-state index contributed by atoms with van der Waals surface area (Å²) in [5.41, 5.74) is 5.35. The zero-order valence-electron chi connectivity index (χ0n) is 6.91. The number of halogens is 1. The van der Waals surface area contributed by atoms with Crippen molar-refractivity contribution in [3.8, 4) is 12.3 Å². The summed E-state index contributed by atoms with van der Waals surface area (Å²) in [5, 5.41) is 2.58. The number of nitrogens with two attached hydrogens (primary N) is 1. The van der Waals surface area contributed by atoms with Gasteiger partial charge in [0.1, 0.15) is 0 Å². The number of carbonyl (C=O) groups is 1. The van der Waals surface area contributed by atoms with Gasteiger partial charge in [-0.2, -0.15) is 0 Å². The lowest BCUT2D eigenvalue weighted by Crippen LogP contribution is -2.20. The Morgan fingerprint density at radius 1 is 1.83 bits per heavy atom. The smallest absolute Gasteiger partial charge is 0.217 e. The van der Waals surface area contributed by atoms with Crippen LogP contribution in [0.2, 0.25) is 0 Å². The number of amides is 1. The molecule has 0 fully saturated rings. The van der Waals surface area contributed by atoms with E-state index in [0.29, 0.717) is 6.54 Å². The molecular formula is C8H13BrN2O. The normalized spacial score (nSPS) is 11.4. The lowest BCUT2D eigenvalue weighted by molar-refractivity contribution is -0.118. The molecule has 0 aromatic rings. The predicted octanol–water partition coefficient (Wildman–Crippen LogP) is 0.217. The molecule has 0 aliphatic rings. The number of terminal acetylenes is 1. The second-order valence-electron chi connectivity index (χ2n) is 2.06. The first-order chi connectivity index (χ1) is 5.16. The average molecular weight is 233 g/mol. The Balaban J connectivity index is 0. The van der Waals surface area contributed by atoms with E-state index in [0.717, 1.165) is 0 Å². The van der Waals surface area contributed by atoms with Gasteiger partial charge in [0.15, 0.2) is 0 Å². The van der Waals surface area contributed by atoms with Crippen molar-refractivity contribution in [3.05, 3.63) is 12.2 Å². The Labute approximate surface area is 83.2 Å². The van der Waals surface area contributed by atoms with E-state index in [9.17, 15) is 4.79 Å². The number of rotatable bonds is 3. The highest BCUT2D eigenvalue weighted by atomic mass is 79.9. The van der Waals surface area contributed by atoms with Gasteiger partial charge in [0.25, 0.3) is 0 Å². The maximum atomic E-state index is 10.3. The van der Waals surface area contributed by atoms with Crippen LogP contribution in [0.25, 0.3) is 0 Å². The van der Waals surface area contributed by atoms with Gasteiger partial charge >= 0.3 is 0 Å². The highest BCUT2D eigenvalue weighted by Crippen LogP contribution is 1.77. The molecule has 1 amide bonds. The average Bonchev–Trinajstić information content (AvgIpc) is 1.97. The molecule has 0 radical (unpaired) electrons. The third kappa shape index (κ3) is 9.21. The Hall–Kier alpha value is -0.790. The van der Waals surface area contributed by atoms with Gasteiger partial charge in [0.2, 0.25) is 5.91 Å². The van der Waals surface area contributed by atoms with Gasteiger partial charge in [-0.25, -0.2) is 0 Å². The quantitative estimate of drug-likeness (QED) is 0.541. The van der Waals surface area contributed by atoms with E-state index in [4.69, 9.17) is 12.2 Å². The summed E-state index contributed by atoms with van der Waals surface area (Å²) in [5.74, 6) is 2.27. The van der Waals surface area contributed by atoms with Gasteiger partial charge < -0.3 is 11.1 Å². The van der Waals surface area contributed by atoms with Crippen LogP contribution >= 0.6 is 17.0 Å². The summed E-state index contributed by atoms with van der Waals surface area (Å²) < 4.78 is 0. The fourth-order valence-corrected chi connectivity index (χ4v) is 0.473. The Bertz CT molecular complexity index is 196. The lowest BCUT2D eigenvalue weighted by atomic mass is 10.3. The van der Waals surface area contributed by atoms with Crippen LogP contribution in [0.1, 0.15) is 6.92 Å². The highest BCUT2D eigenvalue weighted by Gasteiger charge is 1.87. The monoisotopic (exact) mass is 232 g/mol. The summed E-state index contributed by atoms with van der Waals surface area (Å²) >= 11 is 0. The minimum Gasteiger partial charge on any atom is -0.353 e. The molecule has 3 nitrogen and oxygen atoms in total. The molecule has 12 heavy (non-hydrogen) atoms. The minimum atomic E-state index is -0.358. The second-order valence-corrected chi connectivity index (χ2v) is 2.06. The van der Waals surface area contributed by atoms with Gasteiger partial charge in [-0.05, 0) is 0 Å². The highest BCUT2D eigenvalue weighted by molar-refractivity contribution is 8.93. The zero-order valence-corrected chi connectivity index (χ0v) is 8.62. The van der Waals surface area contributed by atoms with Crippen molar-refractivity contribution in [2.24, 2.45) is 5.73 Å². The van der Waals surface area contributed by atoms with E-state index in [-0.39, 0.29) is 28.9 Å². The van der Waals surface area contributed by atoms with Gasteiger partial charge in [-0.1, -0.05) is 18.1 Å². The Morgan fingerprint density at radius 3 is 2.83 bits per heavy atom. The number of carbonyl (C=O) groups excluding carboxylic acids is 1. The molecule has 4 heteroatoms. The molecule has 68 valence electrons. The van der Waals surface area contributed by atoms with Crippen molar-refractivity contribution in [1.82, 2.24) is 5.32 Å². The molecule has 0 saturated carbocycles. The maximum Gasteiger partial charge on any atom is 0.217 e. The fraction of sp³-hybridized carbons (Fsp3) is 0.375. The van der Waals surface area contributed by atoms with Crippen molar-refractivity contribution in [1.29, 1.82) is 0 Å². The van der Waals surface area contributed by atoms with Crippen LogP contribution in [-0.2, 0) is 4.79 Å². The summed E-state index contributed by atoms with van der Waals surface area (Å²) in [6.45, 7) is 1.93. The molecule has 0 aromatic carbocycles. The van der Waals surface area contributed by atoms with E-state index in [2.05, 4.69) is 11.2 Å². The molecule has 0 aliphatic carbocycles. The van der Waals surface area contributed by atoms with Gasteiger partial charge in [0, 0.05) is 13.5 Å². The maximum absolute atomic E-state index is 10.3. The summed E-state index contributed by atoms with van der Waals surface area (Å²) in [6, 6.07) is -0.358. The predicted molar refractivity (Wildman–Crippen MR) is 55.0 cm³/mol. The molecule has 0 bridgehead atoms. The van der Waals surface area contributed by atoms with Crippen molar-refractivity contribution >= 4 is 22.9 Å². The Morgan fingerprint density at radius 2 is 2.42 bits per heavy atom. The molecule has 0 spiro atoms. The molecule has 1 unspecified atom stereocenters. The third-order valence-corrected chi connectivity index (χ3v) is 1.00. The van der Waals surface area contributed by atoms with E-state index in [1.807, 2.05) is 0 Å². The summed E-state index contributed by atoms with van der Waals surface area (Å²) in [4.78, 5) is 10.3. The Kier molecular flexibility index (Phi) is 9.54. The van der Waals surface area contributed by atoms with Crippen LogP contribution in [0, 0.1) is 12.3 Å². The largest absolute Gasteiger partial charge is 0.353 e. The van der Waals surface area contributed by atoms with Crippen molar-refractivity contribution < 1.29 is 4.79 Å². The molecule has 0 heterocycles.